The van der Waals surface area contributed by atoms with E-state index in [2.05, 4.69) is 0 Å². The number of carboxylic acid groups (broad SMARTS) is 1. The fourth-order valence-corrected chi connectivity index (χ4v) is 3.15. The molecule has 0 spiro atoms. The summed E-state index contributed by atoms with van der Waals surface area (Å²) in [6.07, 6.45) is 3.86. The molecule has 0 aromatic carbocycles. The molecule has 0 aliphatic heterocycles. The number of alkyl halides is 1. The van der Waals surface area contributed by atoms with Crippen molar-refractivity contribution < 1.29 is 9.90 Å². The molecule has 2 aliphatic carbocycles. The molecule has 2 rings (SSSR count). The summed E-state index contributed by atoms with van der Waals surface area (Å²) in [6, 6.07) is 0.317. The van der Waals surface area contributed by atoms with Crippen LogP contribution < -0.4 is 0 Å². The summed E-state index contributed by atoms with van der Waals surface area (Å²) in [6.45, 7) is 0. The zero-order chi connectivity index (χ0) is 9.42. The highest BCUT2D eigenvalue weighted by Gasteiger charge is 2.43. The van der Waals surface area contributed by atoms with Crippen LogP contribution in [0, 0.1) is 11.8 Å². The second kappa shape index (κ2) is 3.37. The molecule has 2 aliphatic rings. The number of amides is 1. The minimum absolute atomic E-state index is 0.114. The smallest absolute Gasteiger partial charge is 0.408 e. The highest BCUT2D eigenvalue weighted by Crippen LogP contribution is 2.46. The van der Waals surface area contributed by atoms with E-state index in [0.29, 0.717) is 5.92 Å². The average molecular weight is 204 g/mol. The van der Waals surface area contributed by atoms with E-state index in [1.54, 1.807) is 0 Å². The van der Waals surface area contributed by atoms with Crippen molar-refractivity contribution in [1.82, 2.24) is 4.90 Å². The predicted molar refractivity (Wildman–Crippen MR) is 49.8 cm³/mol. The average Bonchev–Trinajstić information content (AvgIpc) is 2.65. The third kappa shape index (κ3) is 1.50. The van der Waals surface area contributed by atoms with Gasteiger partial charge in [-0.1, -0.05) is 6.42 Å². The molecule has 0 aromatic rings. The van der Waals surface area contributed by atoms with Crippen molar-refractivity contribution in [3.05, 3.63) is 0 Å². The molecule has 13 heavy (non-hydrogen) atoms. The van der Waals surface area contributed by atoms with E-state index in [4.69, 9.17) is 16.7 Å². The van der Waals surface area contributed by atoms with Crippen LogP contribution >= 0.6 is 11.6 Å². The van der Waals surface area contributed by atoms with Gasteiger partial charge in [0.1, 0.15) is 0 Å². The van der Waals surface area contributed by atoms with Gasteiger partial charge in [0.25, 0.3) is 0 Å². The Kier molecular flexibility index (Phi) is 2.37. The lowest BCUT2D eigenvalue weighted by Crippen LogP contribution is -2.41. The van der Waals surface area contributed by atoms with Gasteiger partial charge in [0.15, 0.2) is 0 Å². The summed E-state index contributed by atoms with van der Waals surface area (Å²) in [5, 5.41) is 8.90. The number of halogens is 1. The summed E-state index contributed by atoms with van der Waals surface area (Å²) >= 11 is 5.62. The van der Waals surface area contributed by atoms with Gasteiger partial charge < -0.3 is 5.11 Å². The lowest BCUT2D eigenvalue weighted by Gasteiger charge is -2.30. The third-order valence-electron chi connectivity index (χ3n) is 3.48. The molecule has 1 N–H and O–H groups in total. The number of rotatable bonds is 2. The Morgan fingerprint density at radius 3 is 2.62 bits per heavy atom. The maximum atomic E-state index is 10.8. The normalized spacial score (nSPS) is 36.5. The van der Waals surface area contributed by atoms with Crippen LogP contribution in [0.1, 0.15) is 25.7 Å². The van der Waals surface area contributed by atoms with Gasteiger partial charge in [-0.3, -0.25) is 4.90 Å². The molecule has 3 atom stereocenters. The van der Waals surface area contributed by atoms with Gasteiger partial charge in [-0.05, 0) is 31.1 Å². The summed E-state index contributed by atoms with van der Waals surface area (Å²) in [5.74, 6) is 1.35. The monoisotopic (exact) mass is 203 g/mol. The Morgan fingerprint density at radius 1 is 1.46 bits per heavy atom. The molecule has 2 fully saturated rings. The van der Waals surface area contributed by atoms with Crippen molar-refractivity contribution in [1.29, 1.82) is 0 Å². The Hall–Kier alpha value is -0.440. The van der Waals surface area contributed by atoms with Gasteiger partial charge in [0.05, 0.1) is 6.00 Å². The van der Waals surface area contributed by atoms with Crippen LogP contribution in [0.4, 0.5) is 4.79 Å². The van der Waals surface area contributed by atoms with Gasteiger partial charge in [0, 0.05) is 6.04 Å². The maximum absolute atomic E-state index is 10.8. The lowest BCUT2D eigenvalue weighted by atomic mass is 9.94. The van der Waals surface area contributed by atoms with Gasteiger partial charge in [-0.15, -0.1) is 11.6 Å². The van der Waals surface area contributed by atoms with Crippen molar-refractivity contribution in [2.75, 3.05) is 6.00 Å². The molecular formula is C9H14ClNO2. The molecule has 0 radical (unpaired) electrons. The van der Waals surface area contributed by atoms with Crippen LogP contribution in [0.5, 0.6) is 0 Å². The van der Waals surface area contributed by atoms with Gasteiger partial charge in [-0.2, -0.15) is 0 Å². The number of fused-ring (bicyclic) bond motifs is 2. The molecular weight excluding hydrogens is 190 g/mol. The van der Waals surface area contributed by atoms with E-state index in [0.717, 1.165) is 12.3 Å². The van der Waals surface area contributed by atoms with Crippen molar-refractivity contribution in [3.63, 3.8) is 0 Å². The van der Waals surface area contributed by atoms with E-state index in [9.17, 15) is 4.79 Å². The van der Waals surface area contributed by atoms with Crippen LogP contribution in [0.2, 0.25) is 0 Å². The van der Waals surface area contributed by atoms with E-state index in [1.807, 2.05) is 0 Å². The third-order valence-corrected chi connectivity index (χ3v) is 3.73. The summed E-state index contributed by atoms with van der Waals surface area (Å²) in [5.41, 5.74) is 0. The van der Waals surface area contributed by atoms with Crippen LogP contribution in [-0.4, -0.2) is 28.1 Å². The van der Waals surface area contributed by atoms with Crippen molar-refractivity contribution in [2.45, 2.75) is 31.7 Å². The van der Waals surface area contributed by atoms with Crippen molar-refractivity contribution in [3.8, 4) is 0 Å². The van der Waals surface area contributed by atoms with Crippen LogP contribution in [0.15, 0.2) is 0 Å². The fraction of sp³-hybridized carbons (Fsp3) is 0.889. The van der Waals surface area contributed by atoms with Crippen molar-refractivity contribution in [2.24, 2.45) is 11.8 Å². The number of hydrogen-bond donors (Lipinski definition) is 1. The highest BCUT2D eigenvalue weighted by molar-refractivity contribution is 6.18. The molecule has 3 nitrogen and oxygen atoms in total. The topological polar surface area (TPSA) is 40.5 Å². The van der Waals surface area contributed by atoms with Crippen LogP contribution in [0.3, 0.4) is 0 Å². The van der Waals surface area contributed by atoms with Crippen molar-refractivity contribution >= 4 is 17.7 Å². The Morgan fingerprint density at radius 2 is 2.23 bits per heavy atom. The largest absolute Gasteiger partial charge is 0.465 e. The first kappa shape index (κ1) is 9.13. The Labute approximate surface area is 82.7 Å². The van der Waals surface area contributed by atoms with Crippen LogP contribution in [-0.2, 0) is 0 Å². The number of hydrogen-bond acceptors (Lipinski definition) is 1. The standard InChI is InChI=1S/C9H14ClNO2/c10-5-11(9(12)13)8-4-6-1-2-7(8)3-6/h6-8H,1-5H2,(H,12,13)/t6-,7+,8-/m0/s1. The molecule has 2 bridgehead atoms. The second-order valence-electron chi connectivity index (χ2n) is 4.11. The maximum Gasteiger partial charge on any atom is 0.408 e. The molecule has 1 amide bonds. The minimum atomic E-state index is -0.868. The predicted octanol–water partition coefficient (Wildman–Crippen LogP) is 2.35. The molecule has 0 saturated heterocycles. The minimum Gasteiger partial charge on any atom is -0.465 e. The van der Waals surface area contributed by atoms with E-state index >= 15 is 0 Å². The SMILES string of the molecule is O=C(O)N(CCl)[C@H]1C[C@H]2CC[C@@H]1C2. The second-order valence-corrected chi connectivity index (χ2v) is 4.35. The Balaban J connectivity index is 2.04. The highest BCUT2D eigenvalue weighted by atomic mass is 35.5. The summed E-state index contributed by atoms with van der Waals surface area (Å²) in [4.78, 5) is 12.2. The molecule has 2 saturated carbocycles. The molecule has 0 aromatic heterocycles. The quantitative estimate of drug-likeness (QED) is 0.553. The van der Waals surface area contributed by atoms with Gasteiger partial charge in [-0.25, -0.2) is 4.79 Å². The van der Waals surface area contributed by atoms with E-state index in [1.165, 1.54) is 24.2 Å². The Bertz CT molecular complexity index is 222. The molecule has 4 heteroatoms. The molecule has 0 unspecified atom stereocenters. The van der Waals surface area contributed by atoms with Gasteiger partial charge >= 0.3 is 6.09 Å². The number of nitrogens with zero attached hydrogens (tertiary/aromatic N) is 1. The van der Waals surface area contributed by atoms with E-state index < -0.39 is 6.09 Å². The summed E-state index contributed by atoms with van der Waals surface area (Å²) in [7, 11) is 0. The zero-order valence-electron chi connectivity index (χ0n) is 7.45. The number of carbonyl (C=O) groups is 1. The molecule has 0 heterocycles. The first-order valence-electron chi connectivity index (χ1n) is 4.78. The first-order valence-corrected chi connectivity index (χ1v) is 5.31. The zero-order valence-corrected chi connectivity index (χ0v) is 8.20. The van der Waals surface area contributed by atoms with Gasteiger partial charge in [0.2, 0.25) is 0 Å². The lowest BCUT2D eigenvalue weighted by molar-refractivity contribution is 0.116. The molecule has 74 valence electrons. The summed E-state index contributed by atoms with van der Waals surface area (Å²) < 4.78 is 0. The first-order chi connectivity index (χ1) is 6.22. The van der Waals surface area contributed by atoms with E-state index in [-0.39, 0.29) is 12.0 Å². The van der Waals surface area contributed by atoms with Crippen LogP contribution in [0.25, 0.3) is 0 Å². The fourth-order valence-electron chi connectivity index (χ4n) is 2.87.